The van der Waals surface area contributed by atoms with Crippen molar-refractivity contribution in [1.82, 2.24) is 0 Å². The first-order chi connectivity index (χ1) is 15.5. The number of Topliss-reactive ketones (excluding diaryl/α,β-unsaturated/α-hetero) is 2. The summed E-state index contributed by atoms with van der Waals surface area (Å²) in [5, 5.41) is 4.48. The molecule has 0 aliphatic heterocycles. The van der Waals surface area contributed by atoms with Gasteiger partial charge in [0.25, 0.3) is 0 Å². The van der Waals surface area contributed by atoms with Gasteiger partial charge in [-0.25, -0.2) is 0 Å². The van der Waals surface area contributed by atoms with Crippen LogP contribution in [0.3, 0.4) is 0 Å². The predicted molar refractivity (Wildman–Crippen MR) is 132 cm³/mol. The van der Waals surface area contributed by atoms with Crippen molar-refractivity contribution in [3.05, 3.63) is 108 Å². The molecule has 0 heterocycles. The van der Waals surface area contributed by atoms with Crippen molar-refractivity contribution in [3.63, 3.8) is 0 Å². The molecule has 154 valence electrons. The summed E-state index contributed by atoms with van der Waals surface area (Å²) >= 11 is 0. The molecule has 0 unspecified atom stereocenters. The second-order valence-corrected chi connectivity index (χ2v) is 8.12. The molecule has 5 aromatic rings. The van der Waals surface area contributed by atoms with Gasteiger partial charge in [-0.05, 0) is 69.8 Å². The van der Waals surface area contributed by atoms with Crippen LogP contribution >= 0.6 is 0 Å². The molecular weight excluding hydrogens is 392 g/mol. The maximum atomic E-state index is 12.1. The number of carbonyl (C=O) groups excluding carboxylic acids is 2. The minimum atomic E-state index is 0.0538. The second-order valence-electron chi connectivity index (χ2n) is 8.12. The second kappa shape index (κ2) is 7.90. The first kappa shape index (κ1) is 19.9. The van der Waals surface area contributed by atoms with E-state index in [1.54, 1.807) is 13.8 Å². The Bertz CT molecular complexity index is 1350. The molecule has 0 radical (unpaired) electrons. The molecule has 2 heteroatoms. The average molecular weight is 415 g/mol. The van der Waals surface area contributed by atoms with Gasteiger partial charge in [0, 0.05) is 11.1 Å². The number of carbonyl (C=O) groups is 2. The lowest BCUT2D eigenvalue weighted by Crippen LogP contribution is -1.95. The van der Waals surface area contributed by atoms with E-state index in [0.29, 0.717) is 11.1 Å². The number of hydrogen-bond donors (Lipinski definition) is 0. The number of rotatable bonds is 4. The van der Waals surface area contributed by atoms with Gasteiger partial charge in [0.05, 0.1) is 0 Å². The number of hydrogen-bond acceptors (Lipinski definition) is 2. The minimum Gasteiger partial charge on any atom is -0.295 e. The fourth-order valence-electron chi connectivity index (χ4n) is 4.54. The summed E-state index contributed by atoms with van der Waals surface area (Å²) in [6.45, 7) is 3.20. The lowest BCUT2D eigenvalue weighted by Gasteiger charge is -2.18. The average Bonchev–Trinajstić information content (AvgIpc) is 2.82. The highest BCUT2D eigenvalue weighted by Crippen LogP contribution is 2.43. The van der Waals surface area contributed by atoms with E-state index < -0.39 is 0 Å². The Morgan fingerprint density at radius 2 is 0.812 bits per heavy atom. The molecular formula is C30H22O2. The van der Waals surface area contributed by atoms with E-state index in [0.717, 1.165) is 43.8 Å². The van der Waals surface area contributed by atoms with Crippen molar-refractivity contribution in [3.8, 4) is 22.3 Å². The first-order valence-electron chi connectivity index (χ1n) is 10.7. The van der Waals surface area contributed by atoms with Gasteiger partial charge in [-0.2, -0.15) is 0 Å². The van der Waals surface area contributed by atoms with Crippen LogP contribution in [0.15, 0.2) is 97.1 Å². The van der Waals surface area contributed by atoms with Crippen molar-refractivity contribution >= 4 is 33.1 Å². The highest BCUT2D eigenvalue weighted by atomic mass is 16.1. The Morgan fingerprint density at radius 1 is 0.469 bits per heavy atom. The molecule has 0 spiro atoms. The summed E-state index contributed by atoms with van der Waals surface area (Å²) in [6, 6.07) is 32.4. The van der Waals surface area contributed by atoms with E-state index in [9.17, 15) is 9.59 Å². The molecule has 2 nitrogen and oxygen atoms in total. The Hall–Kier alpha value is -4.04. The normalized spacial score (nSPS) is 11.1. The smallest absolute Gasteiger partial charge is 0.159 e. The monoisotopic (exact) mass is 414 g/mol. The third-order valence-electron chi connectivity index (χ3n) is 6.05. The van der Waals surface area contributed by atoms with Crippen molar-refractivity contribution < 1.29 is 9.59 Å². The largest absolute Gasteiger partial charge is 0.295 e. The van der Waals surface area contributed by atoms with Gasteiger partial charge in [-0.1, -0.05) is 84.9 Å². The molecule has 32 heavy (non-hydrogen) atoms. The third kappa shape index (κ3) is 3.30. The zero-order chi connectivity index (χ0) is 22.2. The predicted octanol–water partition coefficient (Wildman–Crippen LogP) is 7.73. The Labute approximate surface area is 187 Å². The van der Waals surface area contributed by atoms with Crippen LogP contribution in [0.1, 0.15) is 34.6 Å². The Kier molecular flexibility index (Phi) is 4.91. The molecule has 0 atom stereocenters. The summed E-state index contributed by atoms with van der Waals surface area (Å²) in [6.07, 6.45) is 0. The van der Waals surface area contributed by atoms with E-state index in [4.69, 9.17) is 0 Å². The quantitative estimate of drug-likeness (QED) is 0.223. The molecule has 0 aliphatic carbocycles. The number of fused-ring (bicyclic) bond motifs is 2. The summed E-state index contributed by atoms with van der Waals surface area (Å²) in [5.41, 5.74) is 5.68. The maximum absolute atomic E-state index is 12.1. The van der Waals surface area contributed by atoms with Crippen LogP contribution in [0.25, 0.3) is 43.8 Å². The topological polar surface area (TPSA) is 34.1 Å². The summed E-state index contributed by atoms with van der Waals surface area (Å²) < 4.78 is 0. The highest BCUT2D eigenvalue weighted by Gasteiger charge is 2.17. The lowest BCUT2D eigenvalue weighted by molar-refractivity contribution is 0.100. The summed E-state index contributed by atoms with van der Waals surface area (Å²) in [7, 11) is 0. The molecule has 0 bridgehead atoms. The van der Waals surface area contributed by atoms with Crippen molar-refractivity contribution in [2.75, 3.05) is 0 Å². The van der Waals surface area contributed by atoms with E-state index in [1.807, 2.05) is 60.7 Å². The molecule has 0 aromatic heterocycles. The van der Waals surface area contributed by atoms with Crippen LogP contribution in [0.2, 0.25) is 0 Å². The van der Waals surface area contributed by atoms with E-state index in [1.165, 1.54) is 0 Å². The number of ketones is 2. The van der Waals surface area contributed by atoms with Gasteiger partial charge in [-0.15, -0.1) is 0 Å². The zero-order valence-corrected chi connectivity index (χ0v) is 18.1. The number of benzene rings is 5. The van der Waals surface area contributed by atoms with Crippen molar-refractivity contribution in [2.45, 2.75) is 13.8 Å². The molecule has 5 aromatic carbocycles. The van der Waals surface area contributed by atoms with Gasteiger partial charge < -0.3 is 0 Å². The van der Waals surface area contributed by atoms with Gasteiger partial charge in [0.2, 0.25) is 0 Å². The van der Waals surface area contributed by atoms with Crippen LogP contribution in [0.5, 0.6) is 0 Å². The fourth-order valence-corrected chi connectivity index (χ4v) is 4.54. The Balaban J connectivity index is 1.93. The maximum Gasteiger partial charge on any atom is 0.159 e. The standard InChI is InChI=1S/C30H22O2/c1-19(31)21-9-7-11-23(17-21)29-25-13-3-5-15-27(25)30(28-16-6-4-14-26(28)29)24-12-8-10-22(18-24)20(2)32/h3-18H,1-2H3. The molecule has 0 N–H and O–H groups in total. The SMILES string of the molecule is CC(=O)c1cccc(-c2c3ccccc3c(-c3cccc(C(C)=O)c3)c3ccccc23)c1. The van der Waals surface area contributed by atoms with Gasteiger partial charge in [0.1, 0.15) is 0 Å². The molecule has 0 aliphatic rings. The molecule has 0 fully saturated rings. The Morgan fingerprint density at radius 3 is 1.12 bits per heavy atom. The van der Waals surface area contributed by atoms with E-state index >= 15 is 0 Å². The van der Waals surface area contributed by atoms with Crippen molar-refractivity contribution in [1.29, 1.82) is 0 Å². The lowest BCUT2D eigenvalue weighted by atomic mass is 9.85. The van der Waals surface area contributed by atoms with Gasteiger partial charge in [-0.3, -0.25) is 9.59 Å². The highest BCUT2D eigenvalue weighted by molar-refractivity contribution is 6.21. The van der Waals surface area contributed by atoms with Crippen LogP contribution in [0.4, 0.5) is 0 Å². The van der Waals surface area contributed by atoms with Crippen LogP contribution in [-0.2, 0) is 0 Å². The van der Waals surface area contributed by atoms with Crippen LogP contribution < -0.4 is 0 Å². The van der Waals surface area contributed by atoms with Crippen LogP contribution in [0, 0.1) is 0 Å². The third-order valence-corrected chi connectivity index (χ3v) is 6.05. The minimum absolute atomic E-state index is 0.0538. The zero-order valence-electron chi connectivity index (χ0n) is 18.1. The van der Waals surface area contributed by atoms with Crippen LogP contribution in [-0.4, -0.2) is 11.6 Å². The molecule has 0 saturated heterocycles. The van der Waals surface area contributed by atoms with E-state index in [2.05, 4.69) is 36.4 Å². The molecule has 0 amide bonds. The van der Waals surface area contributed by atoms with Gasteiger partial charge in [0.15, 0.2) is 11.6 Å². The molecule has 0 saturated carbocycles. The van der Waals surface area contributed by atoms with E-state index in [-0.39, 0.29) is 11.6 Å². The van der Waals surface area contributed by atoms with Gasteiger partial charge >= 0.3 is 0 Å². The summed E-state index contributed by atoms with van der Waals surface area (Å²) in [4.78, 5) is 24.1. The summed E-state index contributed by atoms with van der Waals surface area (Å²) in [5.74, 6) is 0.108. The first-order valence-corrected chi connectivity index (χ1v) is 10.7. The fraction of sp³-hybridized carbons (Fsp3) is 0.0667. The van der Waals surface area contributed by atoms with Crippen molar-refractivity contribution in [2.24, 2.45) is 0 Å². The molecule has 5 rings (SSSR count).